The predicted octanol–water partition coefficient (Wildman–Crippen LogP) is 4.17. The van der Waals surface area contributed by atoms with E-state index in [1.807, 2.05) is 30.5 Å². The Hall–Kier alpha value is -3.10. The van der Waals surface area contributed by atoms with Crippen LogP contribution in [0.3, 0.4) is 0 Å². The molecule has 0 saturated carbocycles. The summed E-state index contributed by atoms with van der Waals surface area (Å²) in [5, 5.41) is 10.1. The van der Waals surface area contributed by atoms with Crippen molar-refractivity contribution in [2.45, 2.75) is 11.0 Å². The maximum Gasteiger partial charge on any atom is 0.277 e. The van der Waals surface area contributed by atoms with Crippen LogP contribution in [0.15, 0.2) is 69.3 Å². The number of aromatic nitrogens is 5. The number of rotatable bonds is 4. The number of hydrogen-bond donors (Lipinski definition) is 1. The lowest BCUT2D eigenvalue weighted by atomic mass is 10.2. The molecule has 0 fully saturated rings. The van der Waals surface area contributed by atoms with Crippen LogP contribution < -0.4 is 5.56 Å². The molecule has 0 spiro atoms. The minimum Gasteiger partial charge on any atom is -0.411 e. The monoisotopic (exact) mass is 409 g/mol. The summed E-state index contributed by atoms with van der Waals surface area (Å²) in [5.41, 5.74) is 2.84. The molecule has 0 amide bonds. The van der Waals surface area contributed by atoms with E-state index in [9.17, 15) is 4.79 Å². The molecule has 0 aliphatic heterocycles. The Labute approximate surface area is 167 Å². The highest BCUT2D eigenvalue weighted by Crippen LogP contribution is 2.30. The van der Waals surface area contributed by atoms with Gasteiger partial charge in [-0.3, -0.25) is 9.20 Å². The Kier molecular flexibility index (Phi) is 4.14. The van der Waals surface area contributed by atoms with E-state index in [1.165, 1.54) is 22.2 Å². The van der Waals surface area contributed by atoms with Gasteiger partial charge in [-0.2, -0.15) is 0 Å². The quantitative estimate of drug-likeness (QED) is 0.448. The number of thioether (sulfide) groups is 1. The number of aromatic amines is 1. The molecule has 4 aromatic heterocycles. The van der Waals surface area contributed by atoms with E-state index in [2.05, 4.69) is 20.2 Å². The lowest BCUT2D eigenvalue weighted by molar-refractivity contribution is 0.466. The number of halogens is 1. The van der Waals surface area contributed by atoms with Gasteiger partial charge in [0.25, 0.3) is 16.7 Å². The smallest absolute Gasteiger partial charge is 0.277 e. The molecule has 0 atom stereocenters. The molecular formula is C19H12ClN5O2S. The summed E-state index contributed by atoms with van der Waals surface area (Å²) in [6.45, 7) is 0. The van der Waals surface area contributed by atoms with Crippen LogP contribution in [0.1, 0.15) is 5.69 Å². The number of fused-ring (bicyclic) bond motifs is 2. The van der Waals surface area contributed by atoms with E-state index in [-0.39, 0.29) is 5.56 Å². The van der Waals surface area contributed by atoms with E-state index in [4.69, 9.17) is 16.0 Å². The first-order chi connectivity index (χ1) is 13.7. The SMILES string of the molecule is O=c1cc(CSc2nnc(-c3c[nH]c4ccccc34)o2)nc2ccc(Cl)cn12. The first-order valence-corrected chi connectivity index (χ1v) is 9.74. The maximum atomic E-state index is 12.2. The molecule has 0 aliphatic carbocycles. The first kappa shape index (κ1) is 17.0. The van der Waals surface area contributed by atoms with Gasteiger partial charge in [-0.05, 0) is 18.2 Å². The fourth-order valence-electron chi connectivity index (χ4n) is 2.96. The minimum absolute atomic E-state index is 0.187. The molecule has 0 saturated heterocycles. The van der Waals surface area contributed by atoms with Gasteiger partial charge in [0.2, 0.25) is 0 Å². The van der Waals surface area contributed by atoms with Crippen molar-refractivity contribution in [1.29, 1.82) is 0 Å². The molecule has 0 unspecified atom stereocenters. The summed E-state index contributed by atoms with van der Waals surface area (Å²) < 4.78 is 7.20. The van der Waals surface area contributed by atoms with Crippen molar-refractivity contribution in [3.05, 3.63) is 75.9 Å². The molecule has 7 nitrogen and oxygen atoms in total. The van der Waals surface area contributed by atoms with Gasteiger partial charge in [0, 0.05) is 35.1 Å². The predicted molar refractivity (Wildman–Crippen MR) is 108 cm³/mol. The second-order valence-corrected chi connectivity index (χ2v) is 7.43. The highest BCUT2D eigenvalue weighted by atomic mass is 35.5. The third kappa shape index (κ3) is 3.06. The third-order valence-corrected chi connectivity index (χ3v) is 5.32. The summed E-state index contributed by atoms with van der Waals surface area (Å²) in [4.78, 5) is 19.9. The topological polar surface area (TPSA) is 89.1 Å². The molecule has 5 rings (SSSR count). The molecule has 138 valence electrons. The standard InChI is InChI=1S/C19H12ClN5O2S/c20-11-5-6-16-22-12(7-17(26)25(16)9-11)10-28-19-24-23-18(27-19)14-8-21-15-4-2-1-3-13(14)15/h1-9,21H,10H2. The second-order valence-electron chi connectivity index (χ2n) is 6.07. The van der Waals surface area contributed by atoms with Gasteiger partial charge in [0.1, 0.15) is 5.65 Å². The van der Waals surface area contributed by atoms with Gasteiger partial charge in [-0.1, -0.05) is 41.6 Å². The molecule has 4 heterocycles. The maximum absolute atomic E-state index is 12.2. The van der Waals surface area contributed by atoms with Gasteiger partial charge in [-0.25, -0.2) is 4.98 Å². The number of pyridine rings is 1. The fraction of sp³-hybridized carbons (Fsp3) is 0.0526. The van der Waals surface area contributed by atoms with Gasteiger partial charge in [0.15, 0.2) is 0 Å². The molecule has 28 heavy (non-hydrogen) atoms. The van der Waals surface area contributed by atoms with Crippen molar-refractivity contribution in [2.75, 3.05) is 0 Å². The van der Waals surface area contributed by atoms with Crippen LogP contribution in [-0.2, 0) is 5.75 Å². The lowest BCUT2D eigenvalue weighted by Gasteiger charge is -2.03. The molecule has 1 N–H and O–H groups in total. The van der Waals surface area contributed by atoms with Crippen LogP contribution in [0, 0.1) is 0 Å². The Morgan fingerprint density at radius 3 is 3.00 bits per heavy atom. The number of nitrogens with one attached hydrogen (secondary N) is 1. The first-order valence-electron chi connectivity index (χ1n) is 8.38. The Morgan fingerprint density at radius 1 is 1.18 bits per heavy atom. The fourth-order valence-corrected chi connectivity index (χ4v) is 3.78. The number of para-hydroxylation sites is 1. The molecule has 5 aromatic rings. The van der Waals surface area contributed by atoms with Crippen molar-refractivity contribution in [3.63, 3.8) is 0 Å². The highest BCUT2D eigenvalue weighted by Gasteiger charge is 2.14. The molecule has 0 aliphatic rings. The van der Waals surface area contributed by atoms with Crippen molar-refractivity contribution in [3.8, 4) is 11.5 Å². The average molecular weight is 410 g/mol. The molecule has 0 bridgehead atoms. The Balaban J connectivity index is 1.39. The highest BCUT2D eigenvalue weighted by molar-refractivity contribution is 7.98. The van der Waals surface area contributed by atoms with Crippen molar-refractivity contribution in [2.24, 2.45) is 0 Å². The van der Waals surface area contributed by atoms with Gasteiger partial charge in [-0.15, -0.1) is 10.2 Å². The van der Waals surface area contributed by atoms with Crippen LogP contribution in [0.25, 0.3) is 28.0 Å². The summed E-state index contributed by atoms with van der Waals surface area (Å²) in [7, 11) is 0. The lowest BCUT2D eigenvalue weighted by Crippen LogP contribution is -2.15. The summed E-state index contributed by atoms with van der Waals surface area (Å²) in [6.07, 6.45) is 3.40. The minimum atomic E-state index is -0.187. The zero-order chi connectivity index (χ0) is 19.1. The number of benzene rings is 1. The largest absolute Gasteiger partial charge is 0.411 e. The second kappa shape index (κ2) is 6.81. The van der Waals surface area contributed by atoms with E-state index < -0.39 is 0 Å². The van der Waals surface area contributed by atoms with Crippen molar-refractivity contribution < 1.29 is 4.42 Å². The van der Waals surface area contributed by atoms with E-state index >= 15 is 0 Å². The van der Waals surface area contributed by atoms with Crippen LogP contribution in [0.2, 0.25) is 5.02 Å². The number of H-pyrrole nitrogens is 1. The van der Waals surface area contributed by atoms with Crippen LogP contribution >= 0.6 is 23.4 Å². The van der Waals surface area contributed by atoms with Gasteiger partial charge >= 0.3 is 0 Å². The van der Waals surface area contributed by atoms with E-state index in [0.29, 0.717) is 33.2 Å². The Morgan fingerprint density at radius 2 is 2.07 bits per heavy atom. The Bertz CT molecular complexity index is 1370. The van der Waals surface area contributed by atoms with Crippen molar-refractivity contribution >= 4 is 39.9 Å². The van der Waals surface area contributed by atoms with Gasteiger partial charge in [0.05, 0.1) is 16.3 Å². The molecule has 9 heteroatoms. The average Bonchev–Trinajstić information content (AvgIpc) is 3.33. The van der Waals surface area contributed by atoms with Crippen molar-refractivity contribution in [1.82, 2.24) is 24.6 Å². The van der Waals surface area contributed by atoms with Crippen LogP contribution in [0.4, 0.5) is 0 Å². The zero-order valence-corrected chi connectivity index (χ0v) is 15.9. The van der Waals surface area contributed by atoms with Crippen LogP contribution in [0.5, 0.6) is 0 Å². The summed E-state index contributed by atoms with van der Waals surface area (Å²) in [6, 6.07) is 12.8. The number of hydrogen-bond acceptors (Lipinski definition) is 6. The molecule has 1 aromatic carbocycles. The van der Waals surface area contributed by atoms with Crippen LogP contribution in [-0.4, -0.2) is 24.6 Å². The summed E-state index contributed by atoms with van der Waals surface area (Å²) >= 11 is 7.26. The third-order valence-electron chi connectivity index (χ3n) is 4.25. The van der Waals surface area contributed by atoms with E-state index in [1.54, 1.807) is 18.3 Å². The summed E-state index contributed by atoms with van der Waals surface area (Å²) in [5.74, 6) is 0.880. The normalized spacial score (nSPS) is 11.5. The number of nitrogens with zero attached hydrogens (tertiary/aromatic N) is 4. The molecule has 0 radical (unpaired) electrons. The zero-order valence-electron chi connectivity index (χ0n) is 14.3. The molecular weight excluding hydrogens is 398 g/mol. The van der Waals surface area contributed by atoms with E-state index in [0.717, 1.165) is 16.5 Å². The van der Waals surface area contributed by atoms with Gasteiger partial charge < -0.3 is 9.40 Å².